The quantitative estimate of drug-likeness (QED) is 0.812. The number of carbonyl (C=O) groups excluding carboxylic acids is 2. The van der Waals surface area contributed by atoms with Gasteiger partial charge in [0.05, 0.1) is 11.3 Å². The van der Waals surface area contributed by atoms with Crippen molar-refractivity contribution in [2.24, 2.45) is 5.92 Å². The van der Waals surface area contributed by atoms with Crippen LogP contribution in [0.2, 0.25) is 0 Å². The summed E-state index contributed by atoms with van der Waals surface area (Å²) in [5, 5.41) is 0. The summed E-state index contributed by atoms with van der Waals surface area (Å²) in [5.74, 6) is 0.230. The van der Waals surface area contributed by atoms with Gasteiger partial charge in [-0.2, -0.15) is 0 Å². The standard InChI is InChI=1S/C22H24N2O2/c1-5-22(4,14(2)3)24-19-15-10-6-7-11-16(15)20(25)23(19)18-13-9-8-12-17(18)21(24)26/h6-14,19H,5H2,1-4H3/t19?,22-/m0/s1. The van der Waals surface area contributed by atoms with Crippen molar-refractivity contribution in [1.82, 2.24) is 4.90 Å². The maximum Gasteiger partial charge on any atom is 0.260 e. The van der Waals surface area contributed by atoms with E-state index in [1.165, 1.54) is 0 Å². The smallest absolute Gasteiger partial charge is 0.260 e. The number of fused-ring (bicyclic) bond motifs is 5. The third-order valence-corrected chi connectivity index (χ3v) is 6.30. The van der Waals surface area contributed by atoms with Crippen LogP contribution in [0.4, 0.5) is 5.69 Å². The number of hydrogen-bond donors (Lipinski definition) is 0. The second kappa shape index (κ2) is 5.70. The molecule has 1 unspecified atom stereocenters. The predicted molar refractivity (Wildman–Crippen MR) is 102 cm³/mol. The van der Waals surface area contributed by atoms with Gasteiger partial charge in [0.25, 0.3) is 11.8 Å². The molecule has 0 fully saturated rings. The van der Waals surface area contributed by atoms with Crippen molar-refractivity contribution in [2.75, 3.05) is 4.90 Å². The Morgan fingerprint density at radius 1 is 0.962 bits per heavy atom. The second-order valence-electron chi connectivity index (χ2n) is 7.69. The first-order valence-electron chi connectivity index (χ1n) is 9.27. The van der Waals surface area contributed by atoms with E-state index >= 15 is 0 Å². The maximum atomic E-state index is 13.6. The van der Waals surface area contributed by atoms with Gasteiger partial charge in [-0.1, -0.05) is 51.1 Å². The first-order valence-corrected chi connectivity index (χ1v) is 9.27. The van der Waals surface area contributed by atoms with Crippen LogP contribution >= 0.6 is 0 Å². The lowest BCUT2D eigenvalue weighted by atomic mass is 9.81. The van der Waals surface area contributed by atoms with Gasteiger partial charge in [-0.05, 0) is 37.5 Å². The molecule has 4 rings (SSSR count). The minimum Gasteiger partial charge on any atom is -0.308 e. The molecule has 0 radical (unpaired) electrons. The average Bonchev–Trinajstić information content (AvgIpc) is 2.95. The van der Waals surface area contributed by atoms with Crippen LogP contribution in [0.1, 0.15) is 66.6 Å². The van der Waals surface area contributed by atoms with E-state index in [-0.39, 0.29) is 29.4 Å². The second-order valence-corrected chi connectivity index (χ2v) is 7.69. The molecule has 2 aliphatic rings. The van der Waals surface area contributed by atoms with Gasteiger partial charge in [0.15, 0.2) is 0 Å². The van der Waals surface area contributed by atoms with Crippen molar-refractivity contribution in [3.63, 3.8) is 0 Å². The number of anilines is 1. The summed E-state index contributed by atoms with van der Waals surface area (Å²) in [4.78, 5) is 30.5. The van der Waals surface area contributed by atoms with E-state index in [0.717, 1.165) is 12.0 Å². The average molecular weight is 348 g/mol. The molecule has 0 saturated carbocycles. The molecule has 0 bridgehead atoms. The topological polar surface area (TPSA) is 40.6 Å². The van der Waals surface area contributed by atoms with E-state index < -0.39 is 0 Å². The molecule has 2 aromatic rings. The van der Waals surface area contributed by atoms with Crippen molar-refractivity contribution in [3.05, 3.63) is 65.2 Å². The first kappa shape index (κ1) is 16.8. The number of para-hydroxylation sites is 1. The monoisotopic (exact) mass is 348 g/mol. The fraction of sp³-hybridized carbons (Fsp3) is 0.364. The van der Waals surface area contributed by atoms with E-state index in [2.05, 4.69) is 27.7 Å². The van der Waals surface area contributed by atoms with E-state index in [1.54, 1.807) is 4.90 Å². The fourth-order valence-electron chi connectivity index (χ4n) is 4.27. The molecule has 0 spiro atoms. The van der Waals surface area contributed by atoms with Crippen molar-refractivity contribution < 1.29 is 9.59 Å². The Kier molecular flexibility index (Phi) is 3.69. The fourth-order valence-corrected chi connectivity index (χ4v) is 4.27. The van der Waals surface area contributed by atoms with Gasteiger partial charge in [0.2, 0.25) is 0 Å². The summed E-state index contributed by atoms with van der Waals surface area (Å²) >= 11 is 0. The lowest BCUT2D eigenvalue weighted by Gasteiger charge is -2.52. The highest BCUT2D eigenvalue weighted by Gasteiger charge is 2.53. The molecule has 2 aliphatic heterocycles. The van der Waals surface area contributed by atoms with E-state index in [9.17, 15) is 9.59 Å². The van der Waals surface area contributed by atoms with Gasteiger partial charge >= 0.3 is 0 Å². The zero-order chi connectivity index (χ0) is 18.6. The maximum absolute atomic E-state index is 13.6. The molecule has 26 heavy (non-hydrogen) atoms. The van der Waals surface area contributed by atoms with Crippen LogP contribution in [0.15, 0.2) is 48.5 Å². The van der Waals surface area contributed by atoms with Crippen LogP contribution in [0, 0.1) is 5.92 Å². The first-order chi connectivity index (χ1) is 12.4. The molecule has 0 N–H and O–H groups in total. The van der Waals surface area contributed by atoms with Crippen LogP contribution in [0.3, 0.4) is 0 Å². The summed E-state index contributed by atoms with van der Waals surface area (Å²) < 4.78 is 0. The van der Waals surface area contributed by atoms with Gasteiger partial charge in [0.1, 0.15) is 6.17 Å². The molecule has 2 heterocycles. The highest BCUT2D eigenvalue weighted by molar-refractivity contribution is 6.16. The van der Waals surface area contributed by atoms with Crippen molar-refractivity contribution in [2.45, 2.75) is 45.8 Å². The van der Waals surface area contributed by atoms with Crippen molar-refractivity contribution in [3.8, 4) is 0 Å². The van der Waals surface area contributed by atoms with Crippen LogP contribution < -0.4 is 4.90 Å². The molecule has 2 aromatic carbocycles. The Hall–Kier alpha value is -2.62. The predicted octanol–water partition coefficient (Wildman–Crippen LogP) is 4.63. The number of amides is 2. The SMILES string of the molecule is CC[C@@](C)(C(C)C)N1C(=O)c2ccccc2N2C(=O)c3ccccc3C21. The van der Waals surface area contributed by atoms with Gasteiger partial charge < -0.3 is 4.90 Å². The third kappa shape index (κ3) is 2.02. The molecular formula is C22H24N2O2. The van der Waals surface area contributed by atoms with Crippen LogP contribution in [-0.2, 0) is 0 Å². The Morgan fingerprint density at radius 2 is 1.58 bits per heavy atom. The van der Waals surface area contributed by atoms with Crippen LogP contribution in [0.5, 0.6) is 0 Å². The van der Waals surface area contributed by atoms with E-state index in [0.29, 0.717) is 16.8 Å². The molecule has 4 heteroatoms. The third-order valence-electron chi connectivity index (χ3n) is 6.30. The summed E-state index contributed by atoms with van der Waals surface area (Å²) in [6.45, 7) is 8.53. The zero-order valence-electron chi connectivity index (χ0n) is 15.7. The molecule has 4 nitrogen and oxygen atoms in total. The number of hydrogen-bond acceptors (Lipinski definition) is 2. The van der Waals surface area contributed by atoms with Gasteiger partial charge in [-0.25, -0.2) is 0 Å². The Bertz CT molecular complexity index is 905. The molecule has 0 aliphatic carbocycles. The zero-order valence-corrected chi connectivity index (χ0v) is 15.7. The van der Waals surface area contributed by atoms with Gasteiger partial charge in [-0.15, -0.1) is 0 Å². The molecule has 0 aromatic heterocycles. The Labute approximate surface area is 154 Å². The summed E-state index contributed by atoms with van der Waals surface area (Å²) in [6, 6.07) is 15.1. The highest BCUT2D eigenvalue weighted by atomic mass is 16.2. The van der Waals surface area contributed by atoms with Crippen LogP contribution in [-0.4, -0.2) is 22.3 Å². The molecule has 134 valence electrons. The summed E-state index contributed by atoms with van der Waals surface area (Å²) in [6.07, 6.45) is 0.438. The summed E-state index contributed by atoms with van der Waals surface area (Å²) in [5.41, 5.74) is 2.56. The Morgan fingerprint density at radius 3 is 2.23 bits per heavy atom. The normalized spacial score (nSPS) is 20.7. The number of carbonyl (C=O) groups is 2. The van der Waals surface area contributed by atoms with Crippen molar-refractivity contribution in [1.29, 1.82) is 0 Å². The summed E-state index contributed by atoms with van der Waals surface area (Å²) in [7, 11) is 0. The van der Waals surface area contributed by atoms with E-state index in [1.807, 2.05) is 53.4 Å². The van der Waals surface area contributed by atoms with Gasteiger partial charge in [0, 0.05) is 16.7 Å². The van der Waals surface area contributed by atoms with Crippen LogP contribution in [0.25, 0.3) is 0 Å². The van der Waals surface area contributed by atoms with E-state index in [4.69, 9.17) is 0 Å². The molecule has 2 atom stereocenters. The minimum absolute atomic E-state index is 0.00408. The number of rotatable bonds is 3. The number of benzene rings is 2. The minimum atomic E-state index is -0.381. The van der Waals surface area contributed by atoms with Gasteiger partial charge in [-0.3, -0.25) is 14.5 Å². The lowest BCUT2D eigenvalue weighted by molar-refractivity contribution is 0.0130. The highest BCUT2D eigenvalue weighted by Crippen LogP contribution is 2.49. The van der Waals surface area contributed by atoms with Crippen molar-refractivity contribution >= 4 is 17.5 Å². The molecular weight excluding hydrogens is 324 g/mol. The molecule has 0 saturated heterocycles. The Balaban J connectivity index is 2.01. The largest absolute Gasteiger partial charge is 0.308 e. The lowest BCUT2D eigenvalue weighted by Crippen LogP contribution is -2.59. The molecule has 2 amide bonds. The number of nitrogens with zero attached hydrogens (tertiary/aromatic N) is 2.